The van der Waals surface area contributed by atoms with Crippen molar-refractivity contribution in [3.05, 3.63) is 36.6 Å². The zero-order chi connectivity index (χ0) is 9.97. The molecule has 0 radical (unpaired) electrons. The fraction of sp³-hybridized carbons (Fsp3) is 0. The van der Waals surface area contributed by atoms with Crippen molar-refractivity contribution in [2.24, 2.45) is 0 Å². The van der Waals surface area contributed by atoms with Crippen LogP contribution in [0.5, 0.6) is 0 Å². The van der Waals surface area contributed by atoms with Crippen LogP contribution in [0.15, 0.2) is 35.3 Å². The minimum absolute atomic E-state index is 0. The van der Waals surface area contributed by atoms with Gasteiger partial charge in [-0.3, -0.25) is 4.98 Å². The molecule has 0 N–H and O–H groups in total. The molecule has 0 aliphatic carbocycles. The normalized spacial score (nSPS) is 9.33. The SMILES string of the molecule is O=C([O-])c1ncoc1-c1ccncc1.[Li+]. The zero-order valence-electron chi connectivity index (χ0n) is 8.01. The van der Waals surface area contributed by atoms with E-state index in [9.17, 15) is 9.90 Å². The van der Waals surface area contributed by atoms with E-state index in [1.54, 1.807) is 12.1 Å². The maximum Gasteiger partial charge on any atom is 1.00 e. The first-order valence-corrected chi connectivity index (χ1v) is 3.84. The van der Waals surface area contributed by atoms with Crippen molar-refractivity contribution in [1.82, 2.24) is 9.97 Å². The van der Waals surface area contributed by atoms with Gasteiger partial charge in [0.05, 0.1) is 5.97 Å². The molecular weight excluding hydrogens is 191 g/mol. The Hall–Kier alpha value is -1.57. The number of hydrogen-bond donors (Lipinski definition) is 0. The van der Waals surface area contributed by atoms with Crippen LogP contribution in [0.3, 0.4) is 0 Å². The van der Waals surface area contributed by atoms with Crippen LogP contribution in [0, 0.1) is 0 Å². The van der Waals surface area contributed by atoms with Crippen molar-refractivity contribution in [3.63, 3.8) is 0 Å². The summed E-state index contributed by atoms with van der Waals surface area (Å²) in [5, 5.41) is 10.6. The van der Waals surface area contributed by atoms with E-state index in [1.165, 1.54) is 12.4 Å². The number of aromatic carboxylic acids is 1. The molecule has 2 rings (SSSR count). The van der Waals surface area contributed by atoms with E-state index >= 15 is 0 Å². The van der Waals surface area contributed by atoms with Gasteiger partial charge in [0.15, 0.2) is 12.2 Å². The smallest absolute Gasteiger partial charge is 0.543 e. The van der Waals surface area contributed by atoms with Crippen LogP contribution in [-0.4, -0.2) is 15.9 Å². The number of carboxylic acids is 1. The molecule has 6 heteroatoms. The van der Waals surface area contributed by atoms with Crippen molar-refractivity contribution < 1.29 is 33.2 Å². The molecule has 2 aromatic heterocycles. The van der Waals surface area contributed by atoms with Gasteiger partial charge in [-0.1, -0.05) is 0 Å². The van der Waals surface area contributed by atoms with Crippen LogP contribution in [-0.2, 0) is 0 Å². The molecular formula is C9H5LiN2O3. The predicted octanol–water partition coefficient (Wildman–Crippen LogP) is -2.90. The first kappa shape index (κ1) is 11.5. The van der Waals surface area contributed by atoms with Gasteiger partial charge in [0, 0.05) is 18.0 Å². The second-order valence-corrected chi connectivity index (χ2v) is 2.55. The van der Waals surface area contributed by atoms with Crippen molar-refractivity contribution in [2.45, 2.75) is 0 Å². The number of carbonyl (C=O) groups excluding carboxylic acids is 1. The van der Waals surface area contributed by atoms with Gasteiger partial charge in [0.25, 0.3) is 0 Å². The van der Waals surface area contributed by atoms with E-state index < -0.39 is 5.97 Å². The summed E-state index contributed by atoms with van der Waals surface area (Å²) in [6.07, 6.45) is 4.15. The fourth-order valence-electron chi connectivity index (χ4n) is 1.10. The molecule has 0 unspecified atom stereocenters. The van der Waals surface area contributed by atoms with Gasteiger partial charge in [-0.05, 0) is 12.1 Å². The first-order valence-electron chi connectivity index (χ1n) is 3.84. The molecule has 0 atom stereocenters. The maximum absolute atomic E-state index is 10.6. The molecule has 0 aliphatic heterocycles. The van der Waals surface area contributed by atoms with E-state index in [0.29, 0.717) is 5.56 Å². The van der Waals surface area contributed by atoms with Crippen molar-refractivity contribution in [1.29, 1.82) is 0 Å². The van der Waals surface area contributed by atoms with Gasteiger partial charge < -0.3 is 14.3 Å². The number of oxazole rings is 1. The number of carboxylic acid groups (broad SMARTS) is 1. The number of nitrogens with zero attached hydrogens (tertiary/aromatic N) is 2. The van der Waals surface area contributed by atoms with Crippen molar-refractivity contribution in [2.75, 3.05) is 0 Å². The molecule has 0 saturated heterocycles. The van der Waals surface area contributed by atoms with E-state index in [4.69, 9.17) is 4.42 Å². The minimum Gasteiger partial charge on any atom is -0.543 e. The average molecular weight is 196 g/mol. The Morgan fingerprint density at radius 3 is 2.60 bits per heavy atom. The Morgan fingerprint density at radius 2 is 2.00 bits per heavy atom. The van der Waals surface area contributed by atoms with E-state index in [2.05, 4.69) is 9.97 Å². The van der Waals surface area contributed by atoms with Crippen LogP contribution in [0.2, 0.25) is 0 Å². The second-order valence-electron chi connectivity index (χ2n) is 2.55. The van der Waals surface area contributed by atoms with Crippen LogP contribution in [0.1, 0.15) is 10.5 Å². The molecule has 0 spiro atoms. The Balaban J connectivity index is 0.00000112. The summed E-state index contributed by atoms with van der Waals surface area (Å²) >= 11 is 0. The molecule has 15 heavy (non-hydrogen) atoms. The van der Waals surface area contributed by atoms with Gasteiger partial charge in [-0.15, -0.1) is 0 Å². The Morgan fingerprint density at radius 1 is 1.33 bits per heavy atom. The van der Waals surface area contributed by atoms with Crippen molar-refractivity contribution in [3.8, 4) is 11.3 Å². The summed E-state index contributed by atoms with van der Waals surface area (Å²) < 4.78 is 4.95. The van der Waals surface area contributed by atoms with Gasteiger partial charge >= 0.3 is 18.9 Å². The molecule has 0 aliphatic rings. The molecule has 0 amide bonds. The third-order valence-corrected chi connectivity index (χ3v) is 1.70. The summed E-state index contributed by atoms with van der Waals surface area (Å²) in [6.45, 7) is 0. The molecule has 0 aromatic carbocycles. The van der Waals surface area contributed by atoms with Crippen LogP contribution in [0.25, 0.3) is 11.3 Å². The van der Waals surface area contributed by atoms with Crippen LogP contribution in [0.4, 0.5) is 0 Å². The summed E-state index contributed by atoms with van der Waals surface area (Å²) in [5.41, 5.74) is 0.410. The molecule has 5 nitrogen and oxygen atoms in total. The first-order chi connectivity index (χ1) is 6.79. The van der Waals surface area contributed by atoms with Gasteiger partial charge in [-0.25, -0.2) is 4.98 Å². The number of carbonyl (C=O) groups is 1. The largest absolute Gasteiger partial charge is 1.00 e. The summed E-state index contributed by atoms with van der Waals surface area (Å²) in [5.74, 6) is -1.17. The van der Waals surface area contributed by atoms with E-state index in [-0.39, 0.29) is 30.3 Å². The zero-order valence-corrected chi connectivity index (χ0v) is 8.01. The molecule has 70 valence electrons. The molecule has 2 aromatic rings. The Labute approximate surface area is 97.3 Å². The number of rotatable bonds is 2. The fourth-order valence-corrected chi connectivity index (χ4v) is 1.10. The molecule has 2 heterocycles. The van der Waals surface area contributed by atoms with Crippen LogP contribution >= 0.6 is 0 Å². The third-order valence-electron chi connectivity index (χ3n) is 1.70. The van der Waals surface area contributed by atoms with E-state index in [1.807, 2.05) is 0 Å². The second kappa shape index (κ2) is 4.78. The van der Waals surface area contributed by atoms with Crippen LogP contribution < -0.4 is 24.0 Å². The predicted molar refractivity (Wildman–Crippen MR) is 44.1 cm³/mol. The number of aromatic nitrogens is 2. The molecule has 0 saturated carbocycles. The van der Waals surface area contributed by atoms with Gasteiger partial charge in [0.1, 0.15) is 5.69 Å². The topological polar surface area (TPSA) is 79.0 Å². The quantitative estimate of drug-likeness (QED) is 0.481. The Kier molecular flexibility index (Phi) is 3.66. The average Bonchev–Trinajstić information content (AvgIpc) is 2.67. The van der Waals surface area contributed by atoms with Gasteiger partial charge in [-0.2, -0.15) is 0 Å². The monoisotopic (exact) mass is 196 g/mol. The summed E-state index contributed by atoms with van der Waals surface area (Å²) in [4.78, 5) is 18.0. The Bertz CT molecular complexity index is 455. The summed E-state index contributed by atoms with van der Waals surface area (Å²) in [7, 11) is 0. The summed E-state index contributed by atoms with van der Waals surface area (Å²) in [6, 6.07) is 3.26. The van der Waals surface area contributed by atoms with Gasteiger partial charge in [0.2, 0.25) is 0 Å². The number of hydrogen-bond acceptors (Lipinski definition) is 5. The standard InChI is InChI=1S/C9H6N2O3.Li/c12-9(13)7-8(14-5-11-7)6-1-3-10-4-2-6;/h1-5H,(H,12,13);/q;+1/p-1. The van der Waals surface area contributed by atoms with E-state index in [0.717, 1.165) is 6.39 Å². The molecule has 0 bridgehead atoms. The maximum atomic E-state index is 10.6. The minimum atomic E-state index is -1.36. The van der Waals surface area contributed by atoms with Crippen molar-refractivity contribution >= 4 is 5.97 Å². The third kappa shape index (κ3) is 2.26. The molecule has 0 fully saturated rings. The number of pyridine rings is 1.